The number of oxazole rings is 1. The van der Waals surface area contributed by atoms with Crippen molar-refractivity contribution in [2.45, 2.75) is 18.9 Å². The second kappa shape index (κ2) is 7.36. The lowest BCUT2D eigenvalue weighted by Gasteiger charge is -2.19. The van der Waals surface area contributed by atoms with Gasteiger partial charge in [0.2, 0.25) is 11.8 Å². The number of benzene rings is 1. The van der Waals surface area contributed by atoms with Crippen LogP contribution < -0.4 is 10.6 Å². The van der Waals surface area contributed by atoms with Crippen molar-refractivity contribution >= 4 is 5.91 Å². The standard InChI is InChI=1S/C20H23N5O2/c1-13(20-22-11-18(27-20)14-6-4-3-5-7-14)24-19(26)17-10-21-9-16(17)15-8-23-25(2)12-15/h3-8,11-13,16-17,21H,9-10H2,1-2H3,(H,24,26)/t13?,16-,17+/m1/s1. The summed E-state index contributed by atoms with van der Waals surface area (Å²) >= 11 is 0. The van der Waals surface area contributed by atoms with E-state index in [9.17, 15) is 4.79 Å². The van der Waals surface area contributed by atoms with Gasteiger partial charge < -0.3 is 15.1 Å². The summed E-state index contributed by atoms with van der Waals surface area (Å²) in [5, 5.41) is 10.6. The van der Waals surface area contributed by atoms with E-state index in [2.05, 4.69) is 20.7 Å². The molecule has 27 heavy (non-hydrogen) atoms. The molecule has 1 unspecified atom stereocenters. The zero-order valence-electron chi connectivity index (χ0n) is 15.4. The van der Waals surface area contributed by atoms with Gasteiger partial charge in [-0.3, -0.25) is 9.48 Å². The number of aryl methyl sites for hydroxylation is 1. The average molecular weight is 365 g/mol. The first-order valence-corrected chi connectivity index (χ1v) is 9.12. The minimum Gasteiger partial charge on any atom is -0.438 e. The molecule has 1 saturated heterocycles. The highest BCUT2D eigenvalue weighted by Crippen LogP contribution is 2.29. The molecule has 3 atom stereocenters. The maximum Gasteiger partial charge on any atom is 0.225 e. The number of rotatable bonds is 5. The fourth-order valence-electron chi connectivity index (χ4n) is 3.54. The van der Waals surface area contributed by atoms with Crippen LogP contribution in [0.4, 0.5) is 0 Å². The van der Waals surface area contributed by atoms with Crippen molar-refractivity contribution in [1.82, 2.24) is 25.4 Å². The molecule has 0 spiro atoms. The molecule has 3 aromatic rings. The van der Waals surface area contributed by atoms with Crippen LogP contribution in [-0.2, 0) is 11.8 Å². The molecule has 140 valence electrons. The smallest absolute Gasteiger partial charge is 0.225 e. The van der Waals surface area contributed by atoms with Crippen LogP contribution in [0.25, 0.3) is 11.3 Å². The number of nitrogens with zero attached hydrogens (tertiary/aromatic N) is 3. The molecule has 2 aromatic heterocycles. The third-order valence-electron chi connectivity index (χ3n) is 5.02. The van der Waals surface area contributed by atoms with E-state index in [-0.39, 0.29) is 23.8 Å². The third-order valence-corrected chi connectivity index (χ3v) is 5.02. The highest BCUT2D eigenvalue weighted by molar-refractivity contribution is 5.80. The molecule has 1 amide bonds. The lowest BCUT2D eigenvalue weighted by atomic mass is 9.90. The number of hydrogen-bond donors (Lipinski definition) is 2. The summed E-state index contributed by atoms with van der Waals surface area (Å²) in [5.41, 5.74) is 2.05. The Bertz CT molecular complexity index is 917. The molecular formula is C20H23N5O2. The van der Waals surface area contributed by atoms with E-state index >= 15 is 0 Å². The fraction of sp³-hybridized carbons (Fsp3) is 0.350. The largest absolute Gasteiger partial charge is 0.438 e. The Morgan fingerprint density at radius 3 is 2.85 bits per heavy atom. The molecule has 0 saturated carbocycles. The van der Waals surface area contributed by atoms with Gasteiger partial charge in [0.1, 0.15) is 6.04 Å². The molecule has 7 heteroatoms. The van der Waals surface area contributed by atoms with Crippen LogP contribution in [0.5, 0.6) is 0 Å². The van der Waals surface area contributed by atoms with Crippen LogP contribution in [0.3, 0.4) is 0 Å². The minimum atomic E-state index is -0.301. The Labute approximate surface area is 157 Å². The number of carbonyl (C=O) groups is 1. The van der Waals surface area contributed by atoms with Gasteiger partial charge in [-0.2, -0.15) is 5.10 Å². The number of aromatic nitrogens is 3. The third kappa shape index (κ3) is 3.64. The van der Waals surface area contributed by atoms with Gasteiger partial charge in [-0.1, -0.05) is 30.3 Å². The highest BCUT2D eigenvalue weighted by atomic mass is 16.4. The highest BCUT2D eigenvalue weighted by Gasteiger charge is 2.35. The Hall–Kier alpha value is -2.93. The van der Waals surface area contributed by atoms with Crippen LogP contribution in [0, 0.1) is 5.92 Å². The van der Waals surface area contributed by atoms with E-state index in [0.717, 1.165) is 17.7 Å². The maximum absolute atomic E-state index is 12.8. The first-order valence-electron chi connectivity index (χ1n) is 9.12. The second-order valence-corrected chi connectivity index (χ2v) is 6.98. The topological polar surface area (TPSA) is 85.0 Å². The van der Waals surface area contributed by atoms with Crippen LogP contribution in [0.15, 0.2) is 53.3 Å². The number of hydrogen-bond acceptors (Lipinski definition) is 5. The lowest BCUT2D eigenvalue weighted by molar-refractivity contribution is -0.125. The van der Waals surface area contributed by atoms with Crippen molar-refractivity contribution in [1.29, 1.82) is 0 Å². The molecular weight excluding hydrogens is 342 g/mol. The molecule has 3 heterocycles. The van der Waals surface area contributed by atoms with Gasteiger partial charge in [0, 0.05) is 37.8 Å². The Morgan fingerprint density at radius 2 is 2.11 bits per heavy atom. The van der Waals surface area contributed by atoms with Crippen molar-refractivity contribution in [2.24, 2.45) is 13.0 Å². The predicted molar refractivity (Wildman–Crippen MR) is 101 cm³/mol. The van der Waals surface area contributed by atoms with Gasteiger partial charge in [0.05, 0.1) is 18.3 Å². The SMILES string of the molecule is CC(NC(=O)[C@H]1CNC[C@@H]1c1cnn(C)c1)c1ncc(-c2ccccc2)o1. The van der Waals surface area contributed by atoms with E-state index in [1.807, 2.05) is 56.7 Å². The molecule has 4 rings (SSSR count). The monoisotopic (exact) mass is 365 g/mol. The number of carbonyl (C=O) groups excluding carboxylic acids is 1. The molecule has 0 aliphatic carbocycles. The first-order chi connectivity index (χ1) is 13.1. The first kappa shape index (κ1) is 17.5. The van der Waals surface area contributed by atoms with Crippen LogP contribution in [-0.4, -0.2) is 33.8 Å². The van der Waals surface area contributed by atoms with Gasteiger partial charge in [0.15, 0.2) is 5.76 Å². The van der Waals surface area contributed by atoms with Gasteiger partial charge in [-0.25, -0.2) is 4.98 Å². The summed E-state index contributed by atoms with van der Waals surface area (Å²) in [6.07, 6.45) is 5.51. The molecule has 0 radical (unpaired) electrons. The Balaban J connectivity index is 1.44. The molecule has 1 aliphatic heterocycles. The maximum atomic E-state index is 12.8. The quantitative estimate of drug-likeness (QED) is 0.724. The van der Waals surface area contributed by atoms with E-state index < -0.39 is 0 Å². The van der Waals surface area contributed by atoms with Crippen LogP contribution in [0.2, 0.25) is 0 Å². The van der Waals surface area contributed by atoms with Crippen molar-refractivity contribution in [3.05, 3.63) is 60.4 Å². The van der Waals surface area contributed by atoms with E-state index in [1.165, 1.54) is 0 Å². The van der Waals surface area contributed by atoms with Gasteiger partial charge in [0.25, 0.3) is 0 Å². The Kier molecular flexibility index (Phi) is 4.77. The number of nitrogens with one attached hydrogen (secondary N) is 2. The molecule has 7 nitrogen and oxygen atoms in total. The zero-order chi connectivity index (χ0) is 18.8. The molecule has 0 bridgehead atoms. The molecule has 1 aromatic carbocycles. The summed E-state index contributed by atoms with van der Waals surface area (Å²) in [7, 11) is 1.88. The normalized spacial score (nSPS) is 20.5. The minimum absolute atomic E-state index is 0.000754. The number of amides is 1. The van der Waals surface area contributed by atoms with E-state index in [4.69, 9.17) is 4.42 Å². The summed E-state index contributed by atoms with van der Waals surface area (Å²) < 4.78 is 7.62. The van der Waals surface area contributed by atoms with Gasteiger partial charge >= 0.3 is 0 Å². The molecule has 2 N–H and O–H groups in total. The van der Waals surface area contributed by atoms with Crippen molar-refractivity contribution < 1.29 is 9.21 Å². The lowest BCUT2D eigenvalue weighted by Crippen LogP contribution is -2.36. The van der Waals surface area contributed by atoms with Crippen LogP contribution in [0.1, 0.15) is 30.3 Å². The van der Waals surface area contributed by atoms with Crippen molar-refractivity contribution in [3.63, 3.8) is 0 Å². The average Bonchev–Trinajstić information content (AvgIpc) is 3.42. The zero-order valence-corrected chi connectivity index (χ0v) is 15.4. The van der Waals surface area contributed by atoms with Crippen molar-refractivity contribution in [2.75, 3.05) is 13.1 Å². The summed E-state index contributed by atoms with van der Waals surface area (Å²) in [6.45, 7) is 3.31. The summed E-state index contributed by atoms with van der Waals surface area (Å²) in [6, 6.07) is 9.50. The summed E-state index contributed by atoms with van der Waals surface area (Å²) in [5.74, 6) is 1.19. The van der Waals surface area contributed by atoms with Gasteiger partial charge in [-0.15, -0.1) is 0 Å². The summed E-state index contributed by atoms with van der Waals surface area (Å²) in [4.78, 5) is 17.2. The van der Waals surface area contributed by atoms with Crippen molar-refractivity contribution in [3.8, 4) is 11.3 Å². The van der Waals surface area contributed by atoms with E-state index in [0.29, 0.717) is 18.2 Å². The molecule has 1 fully saturated rings. The van der Waals surface area contributed by atoms with Crippen LogP contribution >= 0.6 is 0 Å². The molecule has 1 aliphatic rings. The predicted octanol–water partition coefficient (Wildman–Crippen LogP) is 2.26. The van der Waals surface area contributed by atoms with Gasteiger partial charge in [-0.05, 0) is 12.5 Å². The van der Waals surface area contributed by atoms with E-state index in [1.54, 1.807) is 10.9 Å². The Morgan fingerprint density at radius 1 is 1.30 bits per heavy atom. The fourth-order valence-corrected chi connectivity index (χ4v) is 3.54. The second-order valence-electron chi connectivity index (χ2n) is 6.98.